The fraction of sp³-hybridized carbons (Fsp3) is 0.132. The lowest BCUT2D eigenvalue weighted by atomic mass is 9.86. The van der Waals surface area contributed by atoms with Gasteiger partial charge in [0.05, 0.1) is 39.5 Å². The Bertz CT molecular complexity index is 3900. The van der Waals surface area contributed by atoms with Crippen molar-refractivity contribution in [2.24, 2.45) is 0 Å². The number of hydrogen-bond acceptors (Lipinski definition) is 5. The van der Waals surface area contributed by atoms with Gasteiger partial charge in [-0.3, -0.25) is 4.90 Å². The van der Waals surface area contributed by atoms with Crippen LogP contribution in [0.3, 0.4) is 0 Å². The van der Waals surface area contributed by atoms with Crippen LogP contribution in [0.15, 0.2) is 231 Å². The number of hydrogen-bond donors (Lipinski definition) is 0. The first-order valence-corrected chi connectivity index (χ1v) is 25.8. The topological polar surface area (TPSA) is 30.8 Å². The molecule has 0 fully saturated rings. The van der Waals surface area contributed by atoms with Crippen LogP contribution in [0.4, 0.5) is 57.0 Å². The molecule has 0 aliphatic carbocycles. The number of pyridine rings is 1. The zero-order valence-corrected chi connectivity index (χ0v) is 42.8. The quantitative estimate of drug-likeness (QED) is 0.159. The van der Waals surface area contributed by atoms with Crippen molar-refractivity contribution < 1.29 is 0 Å². The molecule has 11 aromatic rings. The van der Waals surface area contributed by atoms with Crippen LogP contribution in [0, 0.1) is 0 Å². The second-order valence-corrected chi connectivity index (χ2v) is 21.8. The van der Waals surface area contributed by atoms with Gasteiger partial charge in [-0.05, 0) is 124 Å². The fourth-order valence-electron chi connectivity index (χ4n) is 11.3. The molecule has 0 bridgehead atoms. The minimum absolute atomic E-state index is 0.0272. The molecule has 0 amide bonds. The van der Waals surface area contributed by atoms with Crippen LogP contribution < -0.4 is 19.6 Å². The Morgan fingerprint density at radius 1 is 0.378 bits per heavy atom. The monoisotopic (exact) mass is 958 g/mol. The molecule has 6 nitrogen and oxygen atoms in total. The van der Waals surface area contributed by atoms with Crippen molar-refractivity contribution >= 4 is 78.8 Å². The highest BCUT2D eigenvalue weighted by Crippen LogP contribution is 2.53. The number of benzene rings is 9. The Hall–Kier alpha value is -8.87. The highest BCUT2D eigenvalue weighted by atomic mass is 15.4. The third kappa shape index (κ3) is 7.59. The van der Waals surface area contributed by atoms with Crippen molar-refractivity contribution in [2.75, 3.05) is 26.3 Å². The van der Waals surface area contributed by atoms with E-state index < -0.39 is 0 Å². The number of rotatable bonds is 7. The van der Waals surface area contributed by atoms with E-state index in [0.29, 0.717) is 6.67 Å². The molecule has 0 N–H and O–H groups in total. The normalized spacial score (nSPS) is 13.1. The van der Waals surface area contributed by atoms with Gasteiger partial charge in [0, 0.05) is 62.6 Å². The standard InChI is InChI=1S/C68H58N6/c1-67(2,3)46-21-20-24-49(39-46)70-45-71(64-34-19-18-33-63(64)70)52-40-47(68(4,5)6)41-53(42-52)72(48-22-8-7-9-23-48)50-35-36-59-55-26-11-10-25-54(55)56-27-12-17-32-62(56)74(65(59)43-50)66-44-51(37-38-69-66)73-60-30-15-13-28-57(60)58-29-14-16-31-61(58)73/h7-44H,45H2,1-6H3. The molecular formula is C68H58N6. The smallest absolute Gasteiger partial charge is 0.139 e. The Morgan fingerprint density at radius 3 is 1.62 bits per heavy atom. The Morgan fingerprint density at radius 2 is 0.946 bits per heavy atom. The van der Waals surface area contributed by atoms with Gasteiger partial charge in [-0.15, -0.1) is 0 Å². The van der Waals surface area contributed by atoms with E-state index in [1.165, 1.54) is 50.1 Å². The van der Waals surface area contributed by atoms with Crippen molar-refractivity contribution in [3.05, 3.63) is 242 Å². The third-order valence-corrected chi connectivity index (χ3v) is 15.1. The van der Waals surface area contributed by atoms with Crippen molar-refractivity contribution in [3.63, 3.8) is 0 Å². The maximum absolute atomic E-state index is 5.27. The summed E-state index contributed by atoms with van der Waals surface area (Å²) in [6, 6.07) is 82.4. The van der Waals surface area contributed by atoms with E-state index in [0.717, 1.165) is 67.8 Å². The number of aromatic nitrogens is 2. The number of nitrogens with zero attached hydrogens (tertiary/aromatic N) is 6. The molecule has 0 radical (unpaired) electrons. The molecule has 2 aromatic heterocycles. The van der Waals surface area contributed by atoms with Gasteiger partial charge < -0.3 is 19.3 Å². The third-order valence-electron chi connectivity index (χ3n) is 15.1. The Labute approximate surface area is 434 Å². The molecular weight excluding hydrogens is 901 g/mol. The summed E-state index contributed by atoms with van der Waals surface area (Å²) in [6.45, 7) is 14.5. The van der Waals surface area contributed by atoms with Gasteiger partial charge in [-0.1, -0.05) is 169 Å². The van der Waals surface area contributed by atoms with Crippen LogP contribution in [0.2, 0.25) is 0 Å². The summed E-state index contributed by atoms with van der Waals surface area (Å²) in [4.78, 5) is 15.0. The first-order valence-electron chi connectivity index (χ1n) is 25.8. The molecule has 74 heavy (non-hydrogen) atoms. The second kappa shape index (κ2) is 17.4. The van der Waals surface area contributed by atoms with Crippen molar-refractivity contribution in [1.29, 1.82) is 0 Å². The molecule has 4 heterocycles. The fourth-order valence-corrected chi connectivity index (χ4v) is 11.3. The zero-order chi connectivity index (χ0) is 50.3. The van der Waals surface area contributed by atoms with Crippen LogP contribution in [0.1, 0.15) is 52.7 Å². The number of para-hydroxylation sites is 6. The summed E-state index contributed by atoms with van der Waals surface area (Å²) in [5.41, 5.74) is 20.5. The molecule has 6 heteroatoms. The summed E-state index contributed by atoms with van der Waals surface area (Å²) >= 11 is 0. The molecule has 0 unspecified atom stereocenters. The molecule has 2 aliphatic rings. The van der Waals surface area contributed by atoms with Gasteiger partial charge in [0.15, 0.2) is 0 Å². The van der Waals surface area contributed by atoms with Gasteiger partial charge in [0.1, 0.15) is 12.5 Å². The lowest BCUT2D eigenvalue weighted by Gasteiger charge is -2.32. The van der Waals surface area contributed by atoms with E-state index in [-0.39, 0.29) is 10.8 Å². The van der Waals surface area contributed by atoms with Gasteiger partial charge in [0.2, 0.25) is 0 Å². The summed E-state index contributed by atoms with van der Waals surface area (Å²) < 4.78 is 2.38. The van der Waals surface area contributed by atoms with E-state index in [4.69, 9.17) is 4.98 Å². The molecule has 9 aromatic carbocycles. The summed E-state index contributed by atoms with van der Waals surface area (Å²) in [5.74, 6) is 0.830. The lowest BCUT2D eigenvalue weighted by Crippen LogP contribution is -2.25. The maximum Gasteiger partial charge on any atom is 0.139 e. The molecule has 2 aliphatic heterocycles. The summed E-state index contributed by atoms with van der Waals surface area (Å²) in [5, 5.41) is 2.45. The Balaban J connectivity index is 1.01. The van der Waals surface area contributed by atoms with E-state index in [2.05, 4.69) is 290 Å². The SMILES string of the molecule is CC(C)(C)c1cccc(N2CN(c3cc(N(c4ccccc4)c4ccc5c(c4)N(c4cc(-n6c7ccccc7c7ccccc76)ccn4)c4ccccc4-c4ccccc4-5)cc(C(C)(C)C)c3)c3ccccc32)c1. The van der Waals surface area contributed by atoms with Crippen LogP contribution in [0.25, 0.3) is 49.7 Å². The van der Waals surface area contributed by atoms with Crippen molar-refractivity contribution in [3.8, 4) is 27.9 Å². The predicted molar refractivity (Wildman–Crippen MR) is 312 cm³/mol. The first-order chi connectivity index (χ1) is 36.0. The average molecular weight is 959 g/mol. The zero-order valence-electron chi connectivity index (χ0n) is 42.8. The van der Waals surface area contributed by atoms with E-state index in [9.17, 15) is 0 Å². The van der Waals surface area contributed by atoms with Crippen LogP contribution >= 0.6 is 0 Å². The largest absolute Gasteiger partial charge is 0.321 e. The Kier molecular flexibility index (Phi) is 10.6. The minimum atomic E-state index is -0.155. The molecule has 360 valence electrons. The van der Waals surface area contributed by atoms with Crippen molar-refractivity contribution in [1.82, 2.24) is 9.55 Å². The number of anilines is 10. The van der Waals surface area contributed by atoms with Gasteiger partial charge in [-0.25, -0.2) is 4.98 Å². The average Bonchev–Trinajstić information content (AvgIpc) is 3.95. The first kappa shape index (κ1) is 45.0. The van der Waals surface area contributed by atoms with E-state index in [1.807, 2.05) is 6.20 Å². The van der Waals surface area contributed by atoms with E-state index in [1.54, 1.807) is 0 Å². The summed E-state index contributed by atoms with van der Waals surface area (Å²) in [7, 11) is 0. The van der Waals surface area contributed by atoms with Crippen LogP contribution in [0.5, 0.6) is 0 Å². The maximum atomic E-state index is 5.27. The molecule has 13 rings (SSSR count). The minimum Gasteiger partial charge on any atom is -0.321 e. The number of fused-ring (bicyclic) bond motifs is 9. The molecule has 0 spiro atoms. The second-order valence-electron chi connectivity index (χ2n) is 21.8. The lowest BCUT2D eigenvalue weighted by molar-refractivity contribution is 0.590. The van der Waals surface area contributed by atoms with Gasteiger partial charge in [0.25, 0.3) is 0 Å². The predicted octanol–water partition coefficient (Wildman–Crippen LogP) is 18.6. The van der Waals surface area contributed by atoms with Gasteiger partial charge >= 0.3 is 0 Å². The van der Waals surface area contributed by atoms with Crippen LogP contribution in [-0.4, -0.2) is 16.2 Å². The molecule has 0 saturated carbocycles. The summed E-state index contributed by atoms with van der Waals surface area (Å²) in [6.07, 6.45) is 1.97. The van der Waals surface area contributed by atoms with Crippen molar-refractivity contribution in [2.45, 2.75) is 52.4 Å². The van der Waals surface area contributed by atoms with Gasteiger partial charge in [-0.2, -0.15) is 0 Å². The van der Waals surface area contributed by atoms with E-state index >= 15 is 0 Å². The molecule has 0 atom stereocenters. The molecule has 0 saturated heterocycles. The highest BCUT2D eigenvalue weighted by molar-refractivity contribution is 6.09. The highest BCUT2D eigenvalue weighted by Gasteiger charge is 2.32. The van der Waals surface area contributed by atoms with Crippen LogP contribution in [-0.2, 0) is 10.8 Å².